The zero-order valence-corrected chi connectivity index (χ0v) is 12.3. The van der Waals surface area contributed by atoms with Gasteiger partial charge in [-0.05, 0) is 25.8 Å². The zero-order valence-electron chi connectivity index (χ0n) is 12.3. The maximum absolute atomic E-state index is 12.0. The SMILES string of the molecule is CCCNC(CCOCC(F)F)CCc1nccn1C. The number of nitrogens with one attached hydrogen (secondary N) is 1. The molecule has 0 aliphatic rings. The summed E-state index contributed by atoms with van der Waals surface area (Å²) in [5.74, 6) is 1.04. The Morgan fingerprint density at radius 1 is 1.40 bits per heavy atom. The Bertz CT molecular complexity index is 358. The average Bonchev–Trinajstić information content (AvgIpc) is 2.82. The Morgan fingerprint density at radius 3 is 2.80 bits per heavy atom. The van der Waals surface area contributed by atoms with E-state index in [9.17, 15) is 8.78 Å². The molecule has 0 saturated heterocycles. The number of rotatable bonds is 11. The normalized spacial score (nSPS) is 13.1. The highest BCUT2D eigenvalue weighted by molar-refractivity contribution is 4.92. The minimum atomic E-state index is -2.38. The van der Waals surface area contributed by atoms with Crippen molar-refractivity contribution in [3.63, 3.8) is 0 Å². The topological polar surface area (TPSA) is 39.1 Å². The van der Waals surface area contributed by atoms with Crippen LogP contribution in [0.3, 0.4) is 0 Å². The van der Waals surface area contributed by atoms with Gasteiger partial charge in [0.15, 0.2) is 0 Å². The molecule has 0 spiro atoms. The van der Waals surface area contributed by atoms with Gasteiger partial charge in [-0.3, -0.25) is 0 Å². The molecule has 0 amide bonds. The zero-order chi connectivity index (χ0) is 14.8. The summed E-state index contributed by atoms with van der Waals surface area (Å²) in [4.78, 5) is 4.29. The van der Waals surface area contributed by atoms with E-state index in [0.717, 1.165) is 38.1 Å². The smallest absolute Gasteiger partial charge is 0.261 e. The van der Waals surface area contributed by atoms with E-state index < -0.39 is 13.0 Å². The first-order valence-corrected chi connectivity index (χ1v) is 7.19. The second kappa shape index (κ2) is 9.83. The van der Waals surface area contributed by atoms with Crippen LogP contribution in [0.5, 0.6) is 0 Å². The van der Waals surface area contributed by atoms with E-state index in [1.165, 1.54) is 0 Å². The van der Waals surface area contributed by atoms with Gasteiger partial charge in [0.2, 0.25) is 0 Å². The van der Waals surface area contributed by atoms with Crippen molar-refractivity contribution in [3.8, 4) is 0 Å². The fraction of sp³-hybridized carbons (Fsp3) is 0.786. The Kier molecular flexibility index (Phi) is 8.37. The van der Waals surface area contributed by atoms with Crippen molar-refractivity contribution in [2.24, 2.45) is 7.05 Å². The molecule has 0 fully saturated rings. The van der Waals surface area contributed by atoms with Crippen LogP contribution in [0.25, 0.3) is 0 Å². The predicted molar refractivity (Wildman–Crippen MR) is 75.1 cm³/mol. The van der Waals surface area contributed by atoms with E-state index in [-0.39, 0.29) is 6.04 Å². The molecule has 4 nitrogen and oxygen atoms in total. The first kappa shape index (κ1) is 17.0. The molecule has 1 atom stereocenters. The molecular weight excluding hydrogens is 264 g/mol. The van der Waals surface area contributed by atoms with E-state index in [2.05, 4.69) is 17.2 Å². The van der Waals surface area contributed by atoms with E-state index in [1.807, 2.05) is 17.8 Å². The van der Waals surface area contributed by atoms with Crippen molar-refractivity contribution in [1.82, 2.24) is 14.9 Å². The molecule has 1 heterocycles. The molecule has 1 aromatic heterocycles. The van der Waals surface area contributed by atoms with Crippen LogP contribution in [0.15, 0.2) is 12.4 Å². The van der Waals surface area contributed by atoms with Crippen molar-refractivity contribution >= 4 is 0 Å². The van der Waals surface area contributed by atoms with Gasteiger partial charge in [0.25, 0.3) is 6.43 Å². The lowest BCUT2D eigenvalue weighted by molar-refractivity contribution is 0.0142. The Labute approximate surface area is 119 Å². The van der Waals surface area contributed by atoms with Crippen molar-refractivity contribution in [2.45, 2.75) is 45.1 Å². The quantitative estimate of drug-likeness (QED) is 0.636. The van der Waals surface area contributed by atoms with Gasteiger partial charge in [0.1, 0.15) is 12.4 Å². The number of alkyl halides is 2. The molecule has 0 bridgehead atoms. The fourth-order valence-corrected chi connectivity index (χ4v) is 2.04. The highest BCUT2D eigenvalue weighted by Crippen LogP contribution is 2.06. The van der Waals surface area contributed by atoms with Gasteiger partial charge >= 0.3 is 0 Å². The lowest BCUT2D eigenvalue weighted by Gasteiger charge is -2.18. The van der Waals surface area contributed by atoms with Gasteiger partial charge in [-0.2, -0.15) is 0 Å². The Balaban J connectivity index is 2.29. The molecule has 1 N–H and O–H groups in total. The number of halogens is 2. The van der Waals surface area contributed by atoms with Crippen molar-refractivity contribution < 1.29 is 13.5 Å². The van der Waals surface area contributed by atoms with Crippen molar-refractivity contribution in [3.05, 3.63) is 18.2 Å². The van der Waals surface area contributed by atoms with E-state index in [1.54, 1.807) is 6.20 Å². The largest absolute Gasteiger partial charge is 0.375 e. The van der Waals surface area contributed by atoms with Crippen LogP contribution >= 0.6 is 0 Å². The first-order chi connectivity index (χ1) is 9.63. The summed E-state index contributed by atoms with van der Waals surface area (Å²) in [7, 11) is 1.97. The van der Waals surface area contributed by atoms with Gasteiger partial charge in [0, 0.05) is 38.5 Å². The molecule has 0 aromatic carbocycles. The fourth-order valence-electron chi connectivity index (χ4n) is 2.04. The van der Waals surface area contributed by atoms with E-state index in [0.29, 0.717) is 6.61 Å². The van der Waals surface area contributed by atoms with Crippen LogP contribution in [0.1, 0.15) is 32.0 Å². The third kappa shape index (κ3) is 6.96. The monoisotopic (exact) mass is 289 g/mol. The highest BCUT2D eigenvalue weighted by atomic mass is 19.3. The number of aromatic nitrogens is 2. The lowest BCUT2D eigenvalue weighted by atomic mass is 10.1. The maximum atomic E-state index is 12.0. The van der Waals surface area contributed by atoms with Crippen LogP contribution in [0, 0.1) is 0 Å². The summed E-state index contributed by atoms with van der Waals surface area (Å²) in [6.45, 7) is 2.93. The van der Waals surface area contributed by atoms with Crippen LogP contribution in [-0.4, -0.2) is 41.8 Å². The number of aryl methyl sites for hydroxylation is 2. The summed E-state index contributed by atoms with van der Waals surface area (Å²) in [5.41, 5.74) is 0. The van der Waals surface area contributed by atoms with E-state index >= 15 is 0 Å². The highest BCUT2D eigenvalue weighted by Gasteiger charge is 2.10. The number of hydrogen-bond donors (Lipinski definition) is 1. The molecule has 0 saturated carbocycles. The summed E-state index contributed by atoms with van der Waals surface area (Å²) >= 11 is 0. The molecular formula is C14H25F2N3O. The molecule has 0 radical (unpaired) electrons. The predicted octanol–water partition coefficient (Wildman–Crippen LogP) is 2.39. The molecule has 6 heteroatoms. The van der Waals surface area contributed by atoms with Crippen LogP contribution in [-0.2, 0) is 18.2 Å². The second-order valence-electron chi connectivity index (χ2n) is 4.90. The Morgan fingerprint density at radius 2 is 2.20 bits per heavy atom. The molecule has 0 aliphatic heterocycles. The van der Waals surface area contributed by atoms with Crippen molar-refractivity contribution in [2.75, 3.05) is 19.8 Å². The molecule has 1 rings (SSSR count). The summed E-state index contributed by atoms with van der Waals surface area (Å²) in [6, 6.07) is 0.282. The maximum Gasteiger partial charge on any atom is 0.261 e. The van der Waals surface area contributed by atoms with E-state index in [4.69, 9.17) is 4.74 Å². The van der Waals surface area contributed by atoms with Gasteiger partial charge < -0.3 is 14.6 Å². The third-order valence-corrected chi connectivity index (χ3v) is 3.17. The minimum absolute atomic E-state index is 0.282. The molecule has 1 aromatic rings. The van der Waals surface area contributed by atoms with Crippen LogP contribution in [0.2, 0.25) is 0 Å². The second-order valence-corrected chi connectivity index (χ2v) is 4.90. The Hall–Kier alpha value is -1.01. The number of ether oxygens (including phenoxy) is 1. The van der Waals surface area contributed by atoms with Gasteiger partial charge in [0.05, 0.1) is 0 Å². The first-order valence-electron chi connectivity index (χ1n) is 7.19. The standard InChI is InChI=1S/C14H25F2N3O/c1-3-7-17-12(6-10-20-11-13(15)16)4-5-14-18-8-9-19(14)2/h8-9,12-13,17H,3-7,10-11H2,1-2H3. The van der Waals surface area contributed by atoms with Gasteiger partial charge in [-0.15, -0.1) is 0 Å². The lowest BCUT2D eigenvalue weighted by Crippen LogP contribution is -2.32. The van der Waals surface area contributed by atoms with Gasteiger partial charge in [-0.1, -0.05) is 6.92 Å². The summed E-state index contributed by atoms with van der Waals surface area (Å²) < 4.78 is 30.9. The van der Waals surface area contributed by atoms with Gasteiger partial charge in [-0.25, -0.2) is 13.8 Å². The van der Waals surface area contributed by atoms with Crippen molar-refractivity contribution in [1.29, 1.82) is 0 Å². The average molecular weight is 289 g/mol. The number of imidazole rings is 1. The minimum Gasteiger partial charge on any atom is -0.375 e. The molecule has 1 unspecified atom stereocenters. The summed E-state index contributed by atoms with van der Waals surface area (Å²) in [5, 5.41) is 3.43. The van der Waals surface area contributed by atoms with Crippen LogP contribution < -0.4 is 5.32 Å². The number of nitrogens with zero attached hydrogens (tertiary/aromatic N) is 2. The molecule has 116 valence electrons. The molecule has 20 heavy (non-hydrogen) atoms. The van der Waals surface area contributed by atoms with Crippen LogP contribution in [0.4, 0.5) is 8.78 Å². The number of hydrogen-bond acceptors (Lipinski definition) is 3. The third-order valence-electron chi connectivity index (χ3n) is 3.17. The summed E-state index contributed by atoms with van der Waals surface area (Å²) in [6.07, 6.45) is 4.94. The molecule has 0 aliphatic carbocycles.